The van der Waals surface area contributed by atoms with Crippen LogP contribution >= 0.6 is 0 Å². The molecule has 0 aliphatic rings. The van der Waals surface area contributed by atoms with Gasteiger partial charge < -0.3 is 14.4 Å². The normalized spacial score (nSPS) is 10.4. The fourth-order valence-corrected chi connectivity index (χ4v) is 1.98. The maximum atomic E-state index is 12.1. The van der Waals surface area contributed by atoms with Crippen LogP contribution in [0.25, 0.3) is 0 Å². The Bertz CT molecular complexity index is 643. The van der Waals surface area contributed by atoms with Crippen LogP contribution in [-0.4, -0.2) is 28.9 Å². The third kappa shape index (κ3) is 3.51. The Hall–Kier alpha value is -2.56. The van der Waals surface area contributed by atoms with Crippen LogP contribution < -0.4 is 0 Å². The Morgan fingerprint density at radius 3 is 2.14 bits per heavy atom. The van der Waals surface area contributed by atoms with E-state index in [0.717, 1.165) is 12.0 Å². The number of furan rings is 1. The van der Waals surface area contributed by atoms with Gasteiger partial charge in [-0.1, -0.05) is 31.2 Å². The lowest BCUT2D eigenvalue weighted by Crippen LogP contribution is -2.25. The van der Waals surface area contributed by atoms with Crippen LogP contribution in [0.3, 0.4) is 0 Å². The number of carboxylic acids is 1. The van der Waals surface area contributed by atoms with Crippen molar-refractivity contribution in [1.82, 2.24) is 4.90 Å². The van der Waals surface area contributed by atoms with Crippen molar-refractivity contribution < 1.29 is 19.1 Å². The van der Waals surface area contributed by atoms with E-state index >= 15 is 0 Å². The zero-order chi connectivity index (χ0) is 15.4. The second kappa shape index (κ2) is 6.26. The molecular weight excluding hydrogens is 270 g/mol. The van der Waals surface area contributed by atoms with E-state index in [0.29, 0.717) is 6.54 Å². The molecule has 2 aromatic rings. The molecule has 2 rings (SSSR count). The maximum Gasteiger partial charge on any atom is 0.371 e. The minimum absolute atomic E-state index is 0.0279. The fraction of sp³-hybridized carbons (Fsp3) is 0.250. The SMILES string of the molecule is CCc1ccc(CN(C)C(=O)c2ccc(C(=O)O)o2)cc1. The highest BCUT2D eigenvalue weighted by molar-refractivity contribution is 5.93. The van der Waals surface area contributed by atoms with Crippen molar-refractivity contribution in [3.8, 4) is 0 Å². The molecule has 21 heavy (non-hydrogen) atoms. The number of hydrogen-bond donors (Lipinski definition) is 1. The van der Waals surface area contributed by atoms with Gasteiger partial charge in [-0.2, -0.15) is 0 Å². The molecule has 0 saturated heterocycles. The van der Waals surface area contributed by atoms with Crippen LogP contribution in [0, 0.1) is 0 Å². The highest BCUT2D eigenvalue weighted by Gasteiger charge is 2.18. The lowest BCUT2D eigenvalue weighted by atomic mass is 10.1. The molecule has 5 nitrogen and oxygen atoms in total. The Labute approximate surface area is 122 Å². The van der Waals surface area contributed by atoms with Crippen molar-refractivity contribution in [2.45, 2.75) is 19.9 Å². The van der Waals surface area contributed by atoms with Gasteiger partial charge in [0.1, 0.15) is 0 Å². The molecule has 1 aromatic heterocycles. The molecule has 0 aliphatic carbocycles. The minimum atomic E-state index is -1.19. The summed E-state index contributed by atoms with van der Waals surface area (Å²) in [5, 5.41) is 8.78. The van der Waals surface area contributed by atoms with Gasteiger partial charge in [0.2, 0.25) is 5.76 Å². The van der Waals surface area contributed by atoms with E-state index < -0.39 is 5.97 Å². The van der Waals surface area contributed by atoms with Crippen LogP contribution in [0.5, 0.6) is 0 Å². The largest absolute Gasteiger partial charge is 0.475 e. The third-order valence-corrected chi connectivity index (χ3v) is 3.23. The van der Waals surface area contributed by atoms with Crippen molar-refractivity contribution >= 4 is 11.9 Å². The Morgan fingerprint density at radius 1 is 1.05 bits per heavy atom. The number of rotatable bonds is 5. The van der Waals surface area contributed by atoms with Gasteiger partial charge >= 0.3 is 5.97 Å². The lowest BCUT2D eigenvalue weighted by Gasteiger charge is -2.16. The predicted molar refractivity (Wildman–Crippen MR) is 77.3 cm³/mol. The molecule has 1 N–H and O–H groups in total. The molecule has 110 valence electrons. The molecule has 0 aliphatic heterocycles. The quantitative estimate of drug-likeness (QED) is 0.918. The first kappa shape index (κ1) is 14.8. The van der Waals surface area contributed by atoms with Gasteiger partial charge in [-0.25, -0.2) is 4.79 Å². The summed E-state index contributed by atoms with van der Waals surface area (Å²) in [6.45, 7) is 2.52. The van der Waals surface area contributed by atoms with E-state index in [1.807, 2.05) is 24.3 Å². The van der Waals surface area contributed by atoms with Gasteiger partial charge in [-0.05, 0) is 29.7 Å². The molecule has 0 saturated carbocycles. The molecule has 0 radical (unpaired) electrons. The van der Waals surface area contributed by atoms with Crippen LogP contribution in [0.2, 0.25) is 0 Å². The van der Waals surface area contributed by atoms with E-state index in [2.05, 4.69) is 6.92 Å². The molecule has 0 fully saturated rings. The summed E-state index contributed by atoms with van der Waals surface area (Å²) >= 11 is 0. The van der Waals surface area contributed by atoms with E-state index in [1.54, 1.807) is 7.05 Å². The number of hydrogen-bond acceptors (Lipinski definition) is 3. The highest BCUT2D eigenvalue weighted by atomic mass is 16.4. The monoisotopic (exact) mass is 287 g/mol. The number of carbonyl (C=O) groups is 2. The number of nitrogens with zero attached hydrogens (tertiary/aromatic N) is 1. The molecule has 0 atom stereocenters. The van der Waals surface area contributed by atoms with Gasteiger partial charge in [0, 0.05) is 13.6 Å². The summed E-state index contributed by atoms with van der Waals surface area (Å²) in [7, 11) is 1.65. The van der Waals surface area contributed by atoms with E-state index in [-0.39, 0.29) is 17.4 Å². The summed E-state index contributed by atoms with van der Waals surface area (Å²) in [5.74, 6) is -1.74. The van der Waals surface area contributed by atoms with Crippen molar-refractivity contribution in [1.29, 1.82) is 0 Å². The zero-order valence-corrected chi connectivity index (χ0v) is 12.0. The first-order valence-electron chi connectivity index (χ1n) is 6.67. The highest BCUT2D eigenvalue weighted by Crippen LogP contribution is 2.13. The van der Waals surface area contributed by atoms with E-state index in [1.165, 1.54) is 22.6 Å². The average molecular weight is 287 g/mol. The maximum absolute atomic E-state index is 12.1. The molecule has 0 spiro atoms. The predicted octanol–water partition coefficient (Wildman–Crippen LogP) is 2.81. The Morgan fingerprint density at radius 2 is 1.62 bits per heavy atom. The molecule has 5 heteroatoms. The lowest BCUT2D eigenvalue weighted by molar-refractivity contribution is 0.0653. The van der Waals surface area contributed by atoms with Crippen LogP contribution in [-0.2, 0) is 13.0 Å². The summed E-state index contributed by atoms with van der Waals surface area (Å²) in [4.78, 5) is 24.4. The Kier molecular flexibility index (Phi) is 4.42. The number of carboxylic acid groups (broad SMARTS) is 1. The van der Waals surface area contributed by atoms with Crippen molar-refractivity contribution in [2.75, 3.05) is 7.05 Å². The van der Waals surface area contributed by atoms with Crippen LogP contribution in [0.4, 0.5) is 0 Å². The molecule has 0 bridgehead atoms. The average Bonchev–Trinajstić information content (AvgIpc) is 2.97. The molecular formula is C16H17NO4. The number of aryl methyl sites for hydroxylation is 1. The number of aromatic carboxylic acids is 1. The summed E-state index contributed by atoms with van der Waals surface area (Å²) in [6.07, 6.45) is 0.972. The van der Waals surface area contributed by atoms with Gasteiger partial charge in [-0.15, -0.1) is 0 Å². The van der Waals surface area contributed by atoms with Crippen LogP contribution in [0.15, 0.2) is 40.8 Å². The molecule has 0 unspecified atom stereocenters. The van der Waals surface area contributed by atoms with Crippen molar-refractivity contribution in [3.05, 3.63) is 59.0 Å². The molecule has 1 amide bonds. The van der Waals surface area contributed by atoms with Crippen molar-refractivity contribution in [2.24, 2.45) is 0 Å². The molecule has 1 aromatic carbocycles. The second-order valence-electron chi connectivity index (χ2n) is 4.80. The number of benzene rings is 1. The summed E-state index contributed by atoms with van der Waals surface area (Å²) in [6, 6.07) is 10.7. The summed E-state index contributed by atoms with van der Waals surface area (Å²) in [5.41, 5.74) is 2.25. The van der Waals surface area contributed by atoms with Gasteiger partial charge in [0.05, 0.1) is 0 Å². The third-order valence-electron chi connectivity index (χ3n) is 3.23. The molecule has 1 heterocycles. The van der Waals surface area contributed by atoms with Gasteiger partial charge in [0.25, 0.3) is 5.91 Å². The number of amides is 1. The van der Waals surface area contributed by atoms with Crippen LogP contribution in [0.1, 0.15) is 39.2 Å². The first-order chi connectivity index (χ1) is 10.0. The van der Waals surface area contributed by atoms with Gasteiger partial charge in [-0.3, -0.25) is 4.79 Å². The summed E-state index contributed by atoms with van der Waals surface area (Å²) < 4.78 is 5.01. The topological polar surface area (TPSA) is 70.8 Å². The van der Waals surface area contributed by atoms with E-state index in [9.17, 15) is 9.59 Å². The standard InChI is InChI=1S/C16H17NO4/c1-3-11-4-6-12(7-5-11)10-17(2)15(18)13-8-9-14(21-13)16(19)20/h4-9H,3,10H2,1-2H3,(H,19,20). The number of carbonyl (C=O) groups excluding carboxylic acids is 1. The van der Waals surface area contributed by atoms with Crippen molar-refractivity contribution in [3.63, 3.8) is 0 Å². The first-order valence-corrected chi connectivity index (χ1v) is 6.67. The Balaban J connectivity index is 2.05. The second-order valence-corrected chi connectivity index (χ2v) is 4.80. The van der Waals surface area contributed by atoms with E-state index in [4.69, 9.17) is 9.52 Å². The zero-order valence-electron chi connectivity index (χ0n) is 12.0. The van der Waals surface area contributed by atoms with Gasteiger partial charge in [0.15, 0.2) is 5.76 Å². The fourth-order valence-electron chi connectivity index (χ4n) is 1.98. The smallest absolute Gasteiger partial charge is 0.371 e. The minimum Gasteiger partial charge on any atom is -0.475 e.